The highest BCUT2D eigenvalue weighted by atomic mass is 16.4. The van der Waals surface area contributed by atoms with Crippen LogP contribution in [0, 0.1) is 0 Å². The number of carboxylic acid groups (broad SMARTS) is 1. The Kier molecular flexibility index (Phi) is 2.09. The number of hydrogen-bond acceptors (Lipinski definition) is 3. The summed E-state index contributed by atoms with van der Waals surface area (Å²) in [7, 11) is 0. The highest BCUT2D eigenvalue weighted by Gasteiger charge is 2.21. The zero-order valence-electron chi connectivity index (χ0n) is 9.08. The van der Waals surface area contributed by atoms with E-state index < -0.39 is 5.97 Å². The lowest BCUT2D eigenvalue weighted by Gasteiger charge is -2.12. The van der Waals surface area contributed by atoms with Crippen molar-refractivity contribution in [1.82, 2.24) is 10.3 Å². The molecule has 5 nitrogen and oxygen atoms in total. The quantitative estimate of drug-likeness (QED) is 0.595. The summed E-state index contributed by atoms with van der Waals surface area (Å²) in [6.45, 7) is 1.52. The van der Waals surface area contributed by atoms with Gasteiger partial charge in [-0.15, -0.1) is 0 Å². The van der Waals surface area contributed by atoms with Crippen LogP contribution in [0.2, 0.25) is 0 Å². The molecule has 0 bridgehead atoms. The first kappa shape index (κ1) is 10.2. The van der Waals surface area contributed by atoms with E-state index in [9.17, 15) is 9.90 Å². The first-order chi connectivity index (χ1) is 8.18. The molecule has 0 spiro atoms. The number of aromatic amines is 1. The number of aromatic carboxylic acids is 1. The van der Waals surface area contributed by atoms with Crippen LogP contribution in [0.1, 0.15) is 21.6 Å². The number of rotatable bonds is 1. The SMILES string of the molecule is O=C(O)c1ccc(O)c2c3c([nH]c12)CCNC3. The fourth-order valence-corrected chi connectivity index (χ4v) is 2.42. The zero-order chi connectivity index (χ0) is 12.0. The first-order valence-corrected chi connectivity index (χ1v) is 5.48. The molecule has 88 valence electrons. The predicted octanol–water partition coefficient (Wildman–Crippen LogP) is 1.22. The van der Waals surface area contributed by atoms with Gasteiger partial charge < -0.3 is 20.5 Å². The highest BCUT2D eigenvalue weighted by Crippen LogP contribution is 2.34. The Balaban J connectivity index is 2.39. The Bertz CT molecular complexity index is 616. The molecule has 0 unspecified atom stereocenters. The van der Waals surface area contributed by atoms with Crippen molar-refractivity contribution >= 4 is 16.9 Å². The van der Waals surface area contributed by atoms with Gasteiger partial charge in [0, 0.05) is 30.6 Å². The third kappa shape index (κ3) is 1.39. The van der Waals surface area contributed by atoms with E-state index in [1.165, 1.54) is 12.1 Å². The van der Waals surface area contributed by atoms with Gasteiger partial charge in [0.05, 0.1) is 11.1 Å². The van der Waals surface area contributed by atoms with Crippen molar-refractivity contribution in [3.8, 4) is 5.75 Å². The minimum absolute atomic E-state index is 0.131. The van der Waals surface area contributed by atoms with Crippen LogP contribution in [0.3, 0.4) is 0 Å². The van der Waals surface area contributed by atoms with Gasteiger partial charge in [-0.25, -0.2) is 4.79 Å². The maximum Gasteiger partial charge on any atom is 0.337 e. The number of H-pyrrole nitrogens is 1. The Labute approximate surface area is 97.1 Å². The maximum atomic E-state index is 11.1. The fourth-order valence-electron chi connectivity index (χ4n) is 2.42. The summed E-state index contributed by atoms with van der Waals surface area (Å²) >= 11 is 0. The van der Waals surface area contributed by atoms with E-state index in [2.05, 4.69) is 10.3 Å². The van der Waals surface area contributed by atoms with Crippen LogP contribution >= 0.6 is 0 Å². The summed E-state index contributed by atoms with van der Waals surface area (Å²) in [6, 6.07) is 2.86. The number of nitrogens with one attached hydrogen (secondary N) is 2. The van der Waals surface area contributed by atoms with Gasteiger partial charge in [0.15, 0.2) is 0 Å². The van der Waals surface area contributed by atoms with E-state index in [-0.39, 0.29) is 11.3 Å². The van der Waals surface area contributed by atoms with Crippen molar-refractivity contribution in [2.45, 2.75) is 13.0 Å². The Morgan fingerprint density at radius 3 is 2.94 bits per heavy atom. The van der Waals surface area contributed by atoms with Gasteiger partial charge in [-0.05, 0) is 17.7 Å². The average molecular weight is 232 g/mol. The van der Waals surface area contributed by atoms with Crippen molar-refractivity contribution in [3.63, 3.8) is 0 Å². The molecule has 2 aromatic rings. The molecule has 0 atom stereocenters. The van der Waals surface area contributed by atoms with E-state index in [4.69, 9.17) is 5.11 Å². The third-order valence-corrected chi connectivity index (χ3v) is 3.21. The van der Waals surface area contributed by atoms with Crippen molar-refractivity contribution in [2.24, 2.45) is 0 Å². The number of aromatic hydroxyl groups is 1. The fraction of sp³-hybridized carbons (Fsp3) is 0.250. The Hall–Kier alpha value is -2.01. The number of aromatic nitrogens is 1. The number of fused-ring (bicyclic) bond motifs is 3. The van der Waals surface area contributed by atoms with Gasteiger partial charge >= 0.3 is 5.97 Å². The number of phenols is 1. The predicted molar refractivity (Wildman–Crippen MR) is 62.3 cm³/mol. The number of phenolic OH excluding ortho intramolecular Hbond substituents is 1. The smallest absolute Gasteiger partial charge is 0.337 e. The zero-order valence-corrected chi connectivity index (χ0v) is 9.08. The van der Waals surface area contributed by atoms with Gasteiger partial charge in [0.25, 0.3) is 0 Å². The standard InChI is InChI=1S/C12H12N2O3/c15-9-2-1-6(12(16)17)11-10(9)7-5-13-4-3-8(7)14-11/h1-2,13-15H,3-5H2,(H,16,17). The summed E-state index contributed by atoms with van der Waals surface area (Å²) in [5, 5.41) is 22.8. The molecule has 1 aromatic heterocycles. The molecule has 0 fully saturated rings. The molecular weight excluding hydrogens is 220 g/mol. The van der Waals surface area contributed by atoms with E-state index in [1.807, 2.05) is 0 Å². The lowest BCUT2D eigenvalue weighted by molar-refractivity contribution is 0.0699. The van der Waals surface area contributed by atoms with E-state index >= 15 is 0 Å². The first-order valence-electron chi connectivity index (χ1n) is 5.48. The van der Waals surface area contributed by atoms with Crippen LogP contribution in [-0.2, 0) is 13.0 Å². The molecule has 5 heteroatoms. The van der Waals surface area contributed by atoms with Crippen LogP contribution in [0.15, 0.2) is 12.1 Å². The van der Waals surface area contributed by atoms with Crippen molar-refractivity contribution in [3.05, 3.63) is 29.0 Å². The molecule has 0 saturated carbocycles. The lowest BCUT2D eigenvalue weighted by atomic mass is 10.0. The van der Waals surface area contributed by atoms with Crippen LogP contribution < -0.4 is 5.32 Å². The van der Waals surface area contributed by atoms with E-state index in [1.54, 1.807) is 0 Å². The molecule has 0 radical (unpaired) electrons. The minimum atomic E-state index is -0.985. The number of carboxylic acids is 1. The molecule has 2 heterocycles. The topological polar surface area (TPSA) is 85.3 Å². The summed E-state index contributed by atoms with van der Waals surface area (Å²) in [5.41, 5.74) is 2.72. The van der Waals surface area contributed by atoms with Gasteiger partial charge in [-0.3, -0.25) is 0 Å². The molecule has 1 aromatic carbocycles. The molecule has 0 aliphatic carbocycles. The summed E-state index contributed by atoms with van der Waals surface area (Å²) < 4.78 is 0. The normalized spacial score (nSPS) is 14.8. The van der Waals surface area contributed by atoms with Crippen LogP contribution in [0.25, 0.3) is 10.9 Å². The van der Waals surface area contributed by atoms with Crippen LogP contribution in [-0.4, -0.2) is 27.7 Å². The van der Waals surface area contributed by atoms with E-state index in [0.29, 0.717) is 17.4 Å². The molecule has 0 saturated heterocycles. The van der Waals surface area contributed by atoms with Crippen LogP contribution in [0.4, 0.5) is 0 Å². The molecule has 0 amide bonds. The Morgan fingerprint density at radius 2 is 2.18 bits per heavy atom. The largest absolute Gasteiger partial charge is 0.507 e. The second kappa shape index (κ2) is 3.49. The van der Waals surface area contributed by atoms with Crippen molar-refractivity contribution in [1.29, 1.82) is 0 Å². The summed E-state index contributed by atoms with van der Waals surface area (Å²) in [6.07, 6.45) is 0.822. The second-order valence-corrected chi connectivity index (χ2v) is 4.20. The van der Waals surface area contributed by atoms with Gasteiger partial charge in [0.2, 0.25) is 0 Å². The van der Waals surface area contributed by atoms with Gasteiger partial charge in [0.1, 0.15) is 5.75 Å². The molecule has 1 aliphatic heterocycles. The Morgan fingerprint density at radius 1 is 1.35 bits per heavy atom. The van der Waals surface area contributed by atoms with Gasteiger partial charge in [-0.2, -0.15) is 0 Å². The van der Waals surface area contributed by atoms with Crippen molar-refractivity contribution in [2.75, 3.05) is 6.54 Å². The molecular formula is C12H12N2O3. The average Bonchev–Trinajstić information content (AvgIpc) is 2.68. The van der Waals surface area contributed by atoms with E-state index in [0.717, 1.165) is 24.2 Å². The van der Waals surface area contributed by atoms with Gasteiger partial charge in [-0.1, -0.05) is 0 Å². The number of hydrogen-bond donors (Lipinski definition) is 4. The highest BCUT2D eigenvalue weighted by molar-refractivity contribution is 6.05. The monoisotopic (exact) mass is 232 g/mol. The molecule has 1 aliphatic rings. The maximum absolute atomic E-state index is 11.1. The number of benzene rings is 1. The summed E-state index contributed by atoms with van der Waals surface area (Å²) in [4.78, 5) is 14.2. The molecule has 3 rings (SSSR count). The molecule has 4 N–H and O–H groups in total. The molecule has 17 heavy (non-hydrogen) atoms. The van der Waals surface area contributed by atoms with Crippen LogP contribution in [0.5, 0.6) is 5.75 Å². The van der Waals surface area contributed by atoms with Crippen molar-refractivity contribution < 1.29 is 15.0 Å². The lowest BCUT2D eigenvalue weighted by Crippen LogP contribution is -2.22. The second-order valence-electron chi connectivity index (χ2n) is 4.20. The third-order valence-electron chi connectivity index (χ3n) is 3.21. The number of carbonyl (C=O) groups is 1. The minimum Gasteiger partial charge on any atom is -0.507 e. The summed E-state index contributed by atoms with van der Waals surface area (Å²) in [5.74, 6) is -0.854.